The van der Waals surface area contributed by atoms with Crippen molar-refractivity contribution in [1.29, 1.82) is 0 Å². The Balaban J connectivity index is 2.39. The monoisotopic (exact) mass is 209 g/mol. The largest absolute Gasteiger partial charge is 0.274 e. The third-order valence-electron chi connectivity index (χ3n) is 2.12. The van der Waals surface area contributed by atoms with Gasteiger partial charge in [-0.15, -0.1) is 0 Å². The van der Waals surface area contributed by atoms with Gasteiger partial charge in [0.1, 0.15) is 0 Å². The van der Waals surface area contributed by atoms with Gasteiger partial charge >= 0.3 is 0 Å². The molecule has 0 unspecified atom stereocenters. The average Bonchev–Trinajstić information content (AvgIpc) is 2.46. The fourth-order valence-corrected chi connectivity index (χ4v) is 1.66. The van der Waals surface area contributed by atoms with Gasteiger partial charge in [-0.25, -0.2) is 0 Å². The molecule has 2 rings (SSSR count). The smallest absolute Gasteiger partial charge is 0.234 e. The number of anilines is 1. The lowest BCUT2D eigenvalue weighted by Crippen LogP contribution is -2.28. The molecular formula is C10H8ClNO2. The van der Waals surface area contributed by atoms with Crippen molar-refractivity contribution in [2.45, 2.75) is 12.8 Å². The summed E-state index contributed by atoms with van der Waals surface area (Å²) in [6, 6.07) is 6.74. The van der Waals surface area contributed by atoms with Gasteiger partial charge in [0.2, 0.25) is 11.8 Å². The predicted octanol–water partition coefficient (Wildman–Crippen LogP) is 1.99. The lowest BCUT2D eigenvalue weighted by Gasteiger charge is -2.13. The molecule has 0 aliphatic carbocycles. The molecule has 1 aliphatic heterocycles. The highest BCUT2D eigenvalue weighted by atomic mass is 35.5. The quantitative estimate of drug-likeness (QED) is 0.664. The number of nitrogens with zero attached hydrogens (tertiary/aromatic N) is 1. The van der Waals surface area contributed by atoms with Crippen LogP contribution in [-0.2, 0) is 9.59 Å². The molecular weight excluding hydrogens is 202 g/mol. The summed E-state index contributed by atoms with van der Waals surface area (Å²) in [5.74, 6) is -0.311. The Kier molecular flexibility index (Phi) is 2.25. The van der Waals surface area contributed by atoms with Crippen molar-refractivity contribution in [3.63, 3.8) is 0 Å². The Morgan fingerprint density at radius 3 is 2.36 bits per heavy atom. The van der Waals surface area contributed by atoms with Crippen molar-refractivity contribution in [3.8, 4) is 0 Å². The molecule has 1 aromatic carbocycles. The first-order chi connectivity index (χ1) is 6.68. The van der Waals surface area contributed by atoms with Gasteiger partial charge in [0.05, 0.1) is 5.69 Å². The van der Waals surface area contributed by atoms with Gasteiger partial charge in [-0.2, -0.15) is 0 Å². The summed E-state index contributed by atoms with van der Waals surface area (Å²) in [4.78, 5) is 23.9. The topological polar surface area (TPSA) is 37.4 Å². The first-order valence-electron chi connectivity index (χ1n) is 4.30. The number of rotatable bonds is 1. The Hall–Kier alpha value is -1.35. The number of imide groups is 1. The van der Waals surface area contributed by atoms with Crippen LogP contribution in [0.15, 0.2) is 24.3 Å². The van der Waals surface area contributed by atoms with Crippen LogP contribution in [0.1, 0.15) is 12.8 Å². The minimum absolute atomic E-state index is 0.155. The van der Waals surface area contributed by atoms with Gasteiger partial charge in [0.15, 0.2) is 0 Å². The van der Waals surface area contributed by atoms with Crippen LogP contribution in [0.3, 0.4) is 0 Å². The van der Waals surface area contributed by atoms with Crippen LogP contribution in [0.4, 0.5) is 5.69 Å². The summed E-state index contributed by atoms with van der Waals surface area (Å²) in [5, 5.41) is 0.523. The van der Waals surface area contributed by atoms with Gasteiger partial charge in [-0.3, -0.25) is 14.5 Å². The highest BCUT2D eigenvalue weighted by Crippen LogP contribution is 2.24. The third kappa shape index (κ3) is 1.51. The normalized spacial score (nSPS) is 16.5. The summed E-state index contributed by atoms with van der Waals surface area (Å²) >= 11 is 5.77. The second-order valence-electron chi connectivity index (χ2n) is 3.10. The van der Waals surface area contributed by atoms with Gasteiger partial charge in [-0.1, -0.05) is 17.7 Å². The van der Waals surface area contributed by atoms with E-state index in [1.807, 2.05) is 0 Å². The van der Waals surface area contributed by atoms with Crippen molar-refractivity contribution in [2.75, 3.05) is 4.90 Å². The molecule has 0 bridgehead atoms. The molecule has 1 fully saturated rings. The van der Waals surface area contributed by atoms with E-state index in [1.165, 1.54) is 4.90 Å². The molecule has 14 heavy (non-hydrogen) atoms. The fourth-order valence-electron chi connectivity index (χ4n) is 1.48. The molecule has 72 valence electrons. The minimum Gasteiger partial charge on any atom is -0.274 e. The molecule has 0 radical (unpaired) electrons. The van der Waals surface area contributed by atoms with Gasteiger partial charge in [0.25, 0.3) is 0 Å². The van der Waals surface area contributed by atoms with Crippen LogP contribution in [0, 0.1) is 0 Å². The standard InChI is InChI=1S/C10H8ClNO2/c11-7-2-1-3-8(6-7)12-9(13)4-5-10(12)14/h1-3,6H,4-5H2. The summed E-state index contributed by atoms with van der Waals surface area (Å²) in [7, 11) is 0. The van der Waals surface area contributed by atoms with E-state index in [-0.39, 0.29) is 11.8 Å². The zero-order valence-corrected chi connectivity index (χ0v) is 8.12. The van der Waals surface area contributed by atoms with Crippen LogP contribution >= 0.6 is 11.6 Å². The molecule has 0 saturated carbocycles. The van der Waals surface area contributed by atoms with E-state index >= 15 is 0 Å². The summed E-state index contributed by atoms with van der Waals surface area (Å²) in [6.07, 6.45) is 0.594. The van der Waals surface area contributed by atoms with Crippen LogP contribution in [0.2, 0.25) is 5.02 Å². The van der Waals surface area contributed by atoms with E-state index in [9.17, 15) is 9.59 Å². The second-order valence-corrected chi connectivity index (χ2v) is 3.54. The van der Waals surface area contributed by atoms with Crippen LogP contribution < -0.4 is 4.90 Å². The van der Waals surface area contributed by atoms with Gasteiger partial charge < -0.3 is 0 Å². The zero-order valence-electron chi connectivity index (χ0n) is 7.37. The average molecular weight is 210 g/mol. The molecule has 3 nitrogen and oxygen atoms in total. The van der Waals surface area contributed by atoms with E-state index < -0.39 is 0 Å². The van der Waals surface area contributed by atoms with Crippen molar-refractivity contribution in [3.05, 3.63) is 29.3 Å². The molecule has 0 spiro atoms. The number of hydrogen-bond acceptors (Lipinski definition) is 2. The number of benzene rings is 1. The fraction of sp³-hybridized carbons (Fsp3) is 0.200. The lowest BCUT2D eigenvalue weighted by molar-refractivity contribution is -0.121. The van der Waals surface area contributed by atoms with Gasteiger partial charge in [0, 0.05) is 17.9 Å². The van der Waals surface area contributed by atoms with E-state index in [0.717, 1.165) is 0 Å². The Labute approximate surface area is 86.3 Å². The molecule has 1 heterocycles. The maximum Gasteiger partial charge on any atom is 0.234 e. The molecule has 0 atom stereocenters. The molecule has 4 heteroatoms. The Morgan fingerprint density at radius 1 is 1.14 bits per heavy atom. The van der Waals surface area contributed by atoms with Crippen LogP contribution in [0.5, 0.6) is 0 Å². The van der Waals surface area contributed by atoms with Crippen LogP contribution in [-0.4, -0.2) is 11.8 Å². The molecule has 1 saturated heterocycles. The summed E-state index contributed by atoms with van der Waals surface area (Å²) in [6.45, 7) is 0. The van der Waals surface area contributed by atoms with Crippen molar-refractivity contribution >= 4 is 29.1 Å². The minimum atomic E-state index is -0.155. The van der Waals surface area contributed by atoms with E-state index in [1.54, 1.807) is 24.3 Å². The van der Waals surface area contributed by atoms with Crippen molar-refractivity contribution in [2.24, 2.45) is 0 Å². The molecule has 2 amide bonds. The Bertz CT molecular complexity index is 387. The third-order valence-corrected chi connectivity index (χ3v) is 2.35. The number of carbonyl (C=O) groups is 2. The number of halogens is 1. The van der Waals surface area contributed by atoms with Crippen molar-refractivity contribution < 1.29 is 9.59 Å². The molecule has 0 N–H and O–H groups in total. The lowest BCUT2D eigenvalue weighted by atomic mass is 10.3. The predicted molar refractivity (Wildman–Crippen MR) is 53.2 cm³/mol. The molecule has 0 aromatic heterocycles. The second kappa shape index (κ2) is 3.42. The first-order valence-corrected chi connectivity index (χ1v) is 4.67. The molecule has 1 aliphatic rings. The maximum atomic E-state index is 11.4. The van der Waals surface area contributed by atoms with E-state index in [2.05, 4.69) is 0 Å². The molecule has 1 aromatic rings. The van der Waals surface area contributed by atoms with E-state index in [4.69, 9.17) is 11.6 Å². The van der Waals surface area contributed by atoms with Crippen LogP contribution in [0.25, 0.3) is 0 Å². The number of carbonyl (C=O) groups excluding carboxylic acids is 2. The highest BCUT2D eigenvalue weighted by Gasteiger charge is 2.30. The SMILES string of the molecule is O=C1CCC(=O)N1c1cccc(Cl)c1. The first kappa shape index (κ1) is 9.21. The van der Waals surface area contributed by atoms with Crippen molar-refractivity contribution in [1.82, 2.24) is 0 Å². The number of hydrogen-bond donors (Lipinski definition) is 0. The highest BCUT2D eigenvalue weighted by molar-refractivity contribution is 6.31. The summed E-state index contributed by atoms with van der Waals surface area (Å²) < 4.78 is 0. The van der Waals surface area contributed by atoms with E-state index in [0.29, 0.717) is 23.6 Å². The maximum absolute atomic E-state index is 11.4. The van der Waals surface area contributed by atoms with Gasteiger partial charge in [-0.05, 0) is 18.2 Å². The summed E-state index contributed by atoms with van der Waals surface area (Å²) in [5.41, 5.74) is 0.560. The zero-order chi connectivity index (χ0) is 10.1. The Morgan fingerprint density at radius 2 is 1.79 bits per heavy atom. The number of amides is 2.